The first-order valence-electron chi connectivity index (χ1n) is 8.86. The Hall–Kier alpha value is -1.59. The third kappa shape index (κ3) is 4.48. The third-order valence-electron chi connectivity index (χ3n) is 4.67. The van der Waals surface area contributed by atoms with Crippen LogP contribution < -0.4 is 4.74 Å². The molecule has 1 saturated heterocycles. The SMILES string of the molecule is CCOc1ccc(C(=O)N2CCN(CCOC)C(CC)C2)cc1C. The summed E-state index contributed by atoms with van der Waals surface area (Å²) in [5.74, 6) is 0.968. The monoisotopic (exact) mass is 334 g/mol. The zero-order chi connectivity index (χ0) is 17.5. The normalized spacial score (nSPS) is 18.7. The van der Waals surface area contributed by atoms with E-state index in [0.717, 1.165) is 56.1 Å². The van der Waals surface area contributed by atoms with Crippen molar-refractivity contribution in [3.8, 4) is 5.75 Å². The summed E-state index contributed by atoms with van der Waals surface area (Å²) < 4.78 is 10.8. The molecule has 1 unspecified atom stereocenters. The van der Waals surface area contributed by atoms with Crippen LogP contribution in [0.15, 0.2) is 18.2 Å². The average molecular weight is 334 g/mol. The number of rotatable bonds is 7. The van der Waals surface area contributed by atoms with Gasteiger partial charge in [0.2, 0.25) is 0 Å². The molecule has 2 rings (SSSR count). The van der Waals surface area contributed by atoms with Crippen LogP contribution in [0.25, 0.3) is 0 Å². The molecule has 1 fully saturated rings. The van der Waals surface area contributed by atoms with Crippen molar-refractivity contribution in [2.45, 2.75) is 33.2 Å². The van der Waals surface area contributed by atoms with Gasteiger partial charge >= 0.3 is 0 Å². The molecule has 0 saturated carbocycles. The second-order valence-corrected chi connectivity index (χ2v) is 6.26. The number of hydrogen-bond acceptors (Lipinski definition) is 4. The predicted molar refractivity (Wildman–Crippen MR) is 95.8 cm³/mol. The van der Waals surface area contributed by atoms with Gasteiger partial charge in [0.15, 0.2) is 0 Å². The van der Waals surface area contributed by atoms with Crippen LogP contribution in [0, 0.1) is 6.92 Å². The van der Waals surface area contributed by atoms with Crippen LogP contribution in [0.4, 0.5) is 0 Å². The van der Waals surface area contributed by atoms with Gasteiger partial charge in [0, 0.05) is 44.9 Å². The Morgan fingerprint density at radius 3 is 2.71 bits per heavy atom. The number of hydrogen-bond donors (Lipinski definition) is 0. The fraction of sp³-hybridized carbons (Fsp3) is 0.632. The quantitative estimate of drug-likeness (QED) is 0.769. The van der Waals surface area contributed by atoms with E-state index in [4.69, 9.17) is 9.47 Å². The molecule has 1 atom stereocenters. The molecule has 0 N–H and O–H groups in total. The minimum atomic E-state index is 0.117. The zero-order valence-corrected chi connectivity index (χ0v) is 15.4. The van der Waals surface area contributed by atoms with E-state index in [1.54, 1.807) is 7.11 Å². The Kier molecular flexibility index (Phi) is 7.06. The van der Waals surface area contributed by atoms with Crippen molar-refractivity contribution in [1.82, 2.24) is 9.80 Å². The minimum Gasteiger partial charge on any atom is -0.494 e. The number of carbonyl (C=O) groups excluding carboxylic acids is 1. The molecule has 1 aliphatic heterocycles. The molecular formula is C19H30N2O3. The summed E-state index contributed by atoms with van der Waals surface area (Å²) in [6, 6.07) is 6.11. The number of amides is 1. The predicted octanol–water partition coefficient (Wildman–Crippen LogP) is 2.58. The molecule has 24 heavy (non-hydrogen) atoms. The standard InChI is InChI=1S/C19H30N2O3/c1-5-17-14-21(10-9-20(17)11-12-23-4)19(22)16-7-8-18(24-6-2)15(3)13-16/h7-8,13,17H,5-6,9-12,14H2,1-4H3. The van der Waals surface area contributed by atoms with E-state index in [9.17, 15) is 4.79 Å². The van der Waals surface area contributed by atoms with Crippen molar-refractivity contribution in [1.29, 1.82) is 0 Å². The van der Waals surface area contributed by atoms with Crippen LogP contribution in [0.3, 0.4) is 0 Å². The maximum absolute atomic E-state index is 12.8. The first-order chi connectivity index (χ1) is 11.6. The van der Waals surface area contributed by atoms with Crippen molar-refractivity contribution >= 4 is 5.91 Å². The number of aryl methyl sites for hydroxylation is 1. The van der Waals surface area contributed by atoms with Crippen LogP contribution in [-0.4, -0.2) is 68.3 Å². The van der Waals surface area contributed by atoms with E-state index in [1.165, 1.54) is 0 Å². The number of nitrogens with zero attached hydrogens (tertiary/aromatic N) is 2. The van der Waals surface area contributed by atoms with E-state index in [1.807, 2.05) is 36.9 Å². The van der Waals surface area contributed by atoms with Gasteiger partial charge in [-0.15, -0.1) is 0 Å². The summed E-state index contributed by atoms with van der Waals surface area (Å²) in [4.78, 5) is 17.3. The lowest BCUT2D eigenvalue weighted by atomic mass is 10.1. The molecule has 0 spiro atoms. The number of ether oxygens (including phenoxy) is 2. The molecule has 1 aliphatic rings. The minimum absolute atomic E-state index is 0.117. The van der Waals surface area contributed by atoms with Crippen molar-refractivity contribution in [2.24, 2.45) is 0 Å². The van der Waals surface area contributed by atoms with Gasteiger partial charge in [-0.1, -0.05) is 6.92 Å². The number of benzene rings is 1. The Balaban J connectivity index is 2.04. The molecule has 5 heteroatoms. The molecule has 0 aliphatic carbocycles. The summed E-state index contributed by atoms with van der Waals surface area (Å²) in [6.45, 7) is 10.9. The summed E-state index contributed by atoms with van der Waals surface area (Å²) in [5.41, 5.74) is 1.75. The largest absolute Gasteiger partial charge is 0.494 e. The smallest absolute Gasteiger partial charge is 0.253 e. The lowest BCUT2D eigenvalue weighted by molar-refractivity contribution is 0.0384. The van der Waals surface area contributed by atoms with Crippen molar-refractivity contribution in [2.75, 3.05) is 46.5 Å². The van der Waals surface area contributed by atoms with Gasteiger partial charge in [-0.3, -0.25) is 9.69 Å². The Morgan fingerprint density at radius 1 is 1.29 bits per heavy atom. The second kappa shape index (κ2) is 9.04. The van der Waals surface area contributed by atoms with Crippen molar-refractivity contribution in [3.05, 3.63) is 29.3 Å². The Morgan fingerprint density at radius 2 is 2.08 bits per heavy atom. The maximum Gasteiger partial charge on any atom is 0.253 e. The number of carbonyl (C=O) groups is 1. The highest BCUT2D eigenvalue weighted by Gasteiger charge is 2.28. The van der Waals surface area contributed by atoms with E-state index in [-0.39, 0.29) is 5.91 Å². The summed E-state index contributed by atoms with van der Waals surface area (Å²) in [7, 11) is 1.73. The van der Waals surface area contributed by atoms with Crippen LogP contribution in [0.2, 0.25) is 0 Å². The molecule has 1 aromatic carbocycles. The van der Waals surface area contributed by atoms with Crippen LogP contribution in [0.1, 0.15) is 36.2 Å². The molecule has 0 aromatic heterocycles. The highest BCUT2D eigenvalue weighted by atomic mass is 16.5. The molecule has 134 valence electrons. The van der Waals surface area contributed by atoms with Gasteiger partial charge < -0.3 is 14.4 Å². The van der Waals surface area contributed by atoms with Gasteiger partial charge in [-0.25, -0.2) is 0 Å². The Labute approximate surface area is 145 Å². The highest BCUT2D eigenvalue weighted by molar-refractivity contribution is 5.94. The van der Waals surface area contributed by atoms with Gasteiger partial charge in [0.1, 0.15) is 5.75 Å². The van der Waals surface area contributed by atoms with Crippen LogP contribution >= 0.6 is 0 Å². The number of methoxy groups -OCH3 is 1. The lowest BCUT2D eigenvalue weighted by Crippen LogP contribution is -2.55. The molecule has 1 aromatic rings. The van der Waals surface area contributed by atoms with Gasteiger partial charge in [0.05, 0.1) is 13.2 Å². The van der Waals surface area contributed by atoms with E-state index in [2.05, 4.69) is 11.8 Å². The lowest BCUT2D eigenvalue weighted by Gasteiger charge is -2.41. The molecule has 5 nitrogen and oxygen atoms in total. The second-order valence-electron chi connectivity index (χ2n) is 6.26. The molecule has 1 heterocycles. The van der Waals surface area contributed by atoms with E-state index in [0.29, 0.717) is 12.6 Å². The molecule has 1 amide bonds. The maximum atomic E-state index is 12.8. The topological polar surface area (TPSA) is 42.0 Å². The average Bonchev–Trinajstić information content (AvgIpc) is 2.61. The molecule has 0 radical (unpaired) electrons. The van der Waals surface area contributed by atoms with E-state index >= 15 is 0 Å². The fourth-order valence-electron chi connectivity index (χ4n) is 3.25. The highest BCUT2D eigenvalue weighted by Crippen LogP contribution is 2.21. The van der Waals surface area contributed by atoms with E-state index < -0.39 is 0 Å². The summed E-state index contributed by atoms with van der Waals surface area (Å²) in [5, 5.41) is 0. The first-order valence-corrected chi connectivity index (χ1v) is 8.86. The van der Waals surface area contributed by atoms with Gasteiger partial charge in [-0.05, 0) is 44.0 Å². The van der Waals surface area contributed by atoms with Crippen LogP contribution in [0.5, 0.6) is 5.75 Å². The summed E-state index contributed by atoms with van der Waals surface area (Å²) in [6.07, 6.45) is 1.04. The van der Waals surface area contributed by atoms with Crippen LogP contribution in [-0.2, 0) is 4.74 Å². The van der Waals surface area contributed by atoms with Crippen molar-refractivity contribution in [3.63, 3.8) is 0 Å². The number of piperazine rings is 1. The molecule has 0 bridgehead atoms. The fourth-order valence-corrected chi connectivity index (χ4v) is 3.25. The van der Waals surface area contributed by atoms with Gasteiger partial charge in [0.25, 0.3) is 5.91 Å². The van der Waals surface area contributed by atoms with Crippen molar-refractivity contribution < 1.29 is 14.3 Å². The van der Waals surface area contributed by atoms with Gasteiger partial charge in [-0.2, -0.15) is 0 Å². The molecular weight excluding hydrogens is 304 g/mol. The Bertz CT molecular complexity index is 547. The zero-order valence-electron chi connectivity index (χ0n) is 15.4. The third-order valence-corrected chi connectivity index (χ3v) is 4.67. The summed E-state index contributed by atoms with van der Waals surface area (Å²) >= 11 is 0. The first kappa shape index (κ1) is 18.7.